The molecule has 0 aliphatic heterocycles. The Morgan fingerprint density at radius 2 is 1.18 bits per heavy atom. The molecule has 0 rings (SSSR count). The Morgan fingerprint density at radius 3 is 1.18 bits per heavy atom. The highest BCUT2D eigenvalue weighted by atomic mass is 13.6. The molecule has 0 heterocycles. The first-order valence-corrected chi connectivity index (χ1v) is 4.20. The van der Waals surface area contributed by atoms with Gasteiger partial charge in [-0.15, -0.1) is 25.5 Å². The lowest BCUT2D eigenvalue weighted by Gasteiger charge is -1.68. The van der Waals surface area contributed by atoms with E-state index in [9.17, 15) is 0 Å². The van der Waals surface area contributed by atoms with Crippen LogP contribution >= 0.6 is 0 Å². The molecule has 0 aromatic heterocycles. The van der Waals surface area contributed by atoms with E-state index in [-0.39, 0.29) is 0 Å². The number of terminal acetylenes is 1. The van der Waals surface area contributed by atoms with E-state index in [4.69, 9.17) is 0 Å². The van der Waals surface area contributed by atoms with Crippen LogP contribution in [0.15, 0.2) is 13.2 Å². The van der Waals surface area contributed by atoms with Gasteiger partial charge in [0.25, 0.3) is 0 Å². The molecule has 0 amide bonds. The highest BCUT2D eigenvalue weighted by Crippen LogP contribution is 1.76. The number of hydrogen-bond donors (Lipinski definition) is 0. The van der Waals surface area contributed by atoms with Crippen LogP contribution in [0.5, 0.6) is 0 Å². The quantitative estimate of drug-likeness (QED) is 0.393. The van der Waals surface area contributed by atoms with Gasteiger partial charge in [-0.1, -0.05) is 40.5 Å². The maximum atomic E-state index is 4.60. The average Bonchev–Trinajstić information content (AvgIpc) is 2.12. The predicted octanol–water partition coefficient (Wildman–Crippen LogP) is 4.27. The summed E-state index contributed by atoms with van der Waals surface area (Å²) in [5, 5.41) is 0. The first kappa shape index (κ1) is 22.4. The Morgan fingerprint density at radius 1 is 1.09 bits per heavy atom. The Bertz CT molecular complexity index is 45.5. The molecule has 0 atom stereocenters. The summed E-state index contributed by atoms with van der Waals surface area (Å²) < 4.78 is 0. The van der Waals surface area contributed by atoms with Gasteiger partial charge < -0.3 is 0 Å². The van der Waals surface area contributed by atoms with Crippen molar-refractivity contribution in [3.05, 3.63) is 13.2 Å². The summed E-state index contributed by atoms with van der Waals surface area (Å²) in [4.78, 5) is 0. The third kappa shape index (κ3) is 5510. The van der Waals surface area contributed by atoms with Crippen LogP contribution in [0.3, 0.4) is 0 Å². The summed E-state index contributed by atoms with van der Waals surface area (Å²) in [5.74, 6) is 2.25. The highest BCUT2D eigenvalue weighted by Gasteiger charge is 1.56. The van der Waals surface area contributed by atoms with Crippen molar-refractivity contribution in [1.29, 1.82) is 0 Å². The fraction of sp³-hybridized carbons (Fsp3) is 0.636. The van der Waals surface area contributed by atoms with Crippen LogP contribution < -0.4 is 0 Å². The first-order chi connectivity index (χ1) is 5.33. The number of rotatable bonds is 1. The molecule has 0 aromatic carbocycles. The van der Waals surface area contributed by atoms with E-state index in [1.807, 2.05) is 13.8 Å². The predicted molar refractivity (Wildman–Crippen MR) is 57.7 cm³/mol. The number of hydrogen-bond acceptors (Lipinski definition) is 0. The second-order valence-corrected chi connectivity index (χ2v) is 1.29. The second-order valence-electron chi connectivity index (χ2n) is 1.29. The van der Waals surface area contributed by atoms with Crippen molar-refractivity contribution in [2.24, 2.45) is 0 Å². The molecule has 0 aromatic rings. The van der Waals surface area contributed by atoms with E-state index in [0.29, 0.717) is 0 Å². The molecule has 0 bridgehead atoms. The molecule has 0 nitrogen and oxygen atoms in total. The summed E-state index contributed by atoms with van der Waals surface area (Å²) in [6.45, 7) is 16.0. The molecular weight excluding hydrogens is 132 g/mol. The van der Waals surface area contributed by atoms with Crippen LogP contribution in [0, 0.1) is 12.3 Å². The average molecular weight is 156 g/mol. The molecule has 0 radical (unpaired) electrons. The van der Waals surface area contributed by atoms with Crippen molar-refractivity contribution < 1.29 is 0 Å². The molecule has 11 heavy (non-hydrogen) atoms. The van der Waals surface area contributed by atoms with Crippen molar-refractivity contribution in [3.8, 4) is 12.3 Å². The minimum atomic E-state index is 1.32. The summed E-state index contributed by atoms with van der Waals surface area (Å²) in [7, 11) is 0. The third-order valence-electron chi connectivity index (χ3n) is 0.500. The van der Waals surface area contributed by atoms with Gasteiger partial charge in [-0.05, 0) is 6.92 Å². The molecule has 0 saturated carbocycles. The first-order valence-electron chi connectivity index (χ1n) is 4.20. The van der Waals surface area contributed by atoms with Gasteiger partial charge in [0.05, 0.1) is 0 Å². The zero-order valence-corrected chi connectivity index (χ0v) is 8.91. The molecule has 0 unspecified atom stereocenters. The molecule has 0 heteroatoms. The lowest BCUT2D eigenvalue weighted by molar-refractivity contribution is 0.886. The van der Waals surface area contributed by atoms with Gasteiger partial charge >= 0.3 is 0 Å². The second kappa shape index (κ2) is 121. The van der Waals surface area contributed by atoms with E-state index >= 15 is 0 Å². The van der Waals surface area contributed by atoms with Gasteiger partial charge in [-0.25, -0.2) is 0 Å². The van der Waals surface area contributed by atoms with Gasteiger partial charge in [0.2, 0.25) is 0 Å². The van der Waals surface area contributed by atoms with Crippen molar-refractivity contribution in [2.45, 2.75) is 47.5 Å². The summed E-state index contributed by atoms with van der Waals surface area (Å²) in [5.41, 5.74) is 0. The van der Waals surface area contributed by atoms with Crippen LogP contribution in [0.1, 0.15) is 47.5 Å². The summed E-state index contributed by atoms with van der Waals surface area (Å²) in [6.07, 6.45) is 7.24. The molecule has 0 N–H and O–H groups in total. The van der Waals surface area contributed by atoms with Crippen molar-refractivity contribution in [2.75, 3.05) is 0 Å². The van der Waals surface area contributed by atoms with Gasteiger partial charge in [-0.2, -0.15) is 0 Å². The lowest BCUT2D eigenvalue weighted by Crippen LogP contribution is -1.47. The molecule has 0 fully saturated rings. The monoisotopic (exact) mass is 156 g/mol. The Kier molecular flexibility index (Phi) is 247. The topological polar surface area (TPSA) is 0 Å². The molecular formula is C11H24. The van der Waals surface area contributed by atoms with Crippen LogP contribution in [0.25, 0.3) is 0 Å². The van der Waals surface area contributed by atoms with Gasteiger partial charge in [-0.3, -0.25) is 0 Å². The number of unbranched alkanes of at least 4 members (excludes halogenated alkanes) is 1. The van der Waals surface area contributed by atoms with Crippen LogP contribution in [0.2, 0.25) is 0 Å². The van der Waals surface area contributed by atoms with E-state index in [1.54, 1.807) is 6.92 Å². The van der Waals surface area contributed by atoms with Crippen LogP contribution in [-0.2, 0) is 0 Å². The maximum Gasteiger partial charge on any atom is -0.00297 e. The summed E-state index contributed by atoms with van der Waals surface area (Å²) >= 11 is 0. The van der Waals surface area contributed by atoms with Crippen molar-refractivity contribution >= 4 is 0 Å². The third-order valence-corrected chi connectivity index (χ3v) is 0.500. The summed E-state index contributed by atoms with van der Waals surface area (Å²) in [6, 6.07) is 0. The van der Waals surface area contributed by atoms with E-state index in [2.05, 4.69) is 39.3 Å². The Hall–Kier alpha value is -0.700. The van der Waals surface area contributed by atoms with E-state index in [1.165, 1.54) is 12.8 Å². The fourth-order valence-corrected chi connectivity index (χ4v) is 0. The normalized spacial score (nSPS) is 4.36. The van der Waals surface area contributed by atoms with Crippen LogP contribution in [-0.4, -0.2) is 0 Å². The minimum absolute atomic E-state index is 1.32. The lowest BCUT2D eigenvalue weighted by atomic mass is 10.4. The van der Waals surface area contributed by atoms with Gasteiger partial charge in [0.15, 0.2) is 0 Å². The molecule has 0 aliphatic rings. The molecule has 0 saturated heterocycles. The highest BCUT2D eigenvalue weighted by molar-refractivity contribution is 4.73. The zero-order chi connectivity index (χ0) is 10.1. The largest absolute Gasteiger partial charge is 0.120 e. The smallest absolute Gasteiger partial charge is 0.00297 e. The van der Waals surface area contributed by atoms with E-state index < -0.39 is 0 Å². The SMILES string of the molecule is C#CC.C=C.CC.CCCC. The molecule has 0 spiro atoms. The minimum Gasteiger partial charge on any atom is -0.120 e. The zero-order valence-electron chi connectivity index (χ0n) is 8.91. The van der Waals surface area contributed by atoms with Crippen LogP contribution in [0.4, 0.5) is 0 Å². The Labute approximate surface area is 73.7 Å². The molecule has 68 valence electrons. The molecule has 0 aliphatic carbocycles. The van der Waals surface area contributed by atoms with Gasteiger partial charge in [0, 0.05) is 0 Å². The standard InChI is InChI=1S/C4H10.C3H4.C2H6.C2H4/c1-3-4-2;1-3-2;2*1-2/h3-4H2,1-2H3;1H,2H3;1-2H3;1-2H2. The maximum absolute atomic E-state index is 4.60. The van der Waals surface area contributed by atoms with Gasteiger partial charge in [0.1, 0.15) is 0 Å². The van der Waals surface area contributed by atoms with Crippen molar-refractivity contribution in [3.63, 3.8) is 0 Å². The van der Waals surface area contributed by atoms with E-state index in [0.717, 1.165) is 0 Å². The Balaban J connectivity index is -0.0000000315. The van der Waals surface area contributed by atoms with Crippen molar-refractivity contribution in [1.82, 2.24) is 0 Å². The fourth-order valence-electron chi connectivity index (χ4n) is 0.